The van der Waals surface area contributed by atoms with E-state index in [0.717, 1.165) is 6.54 Å². The second-order valence-corrected chi connectivity index (χ2v) is 3.89. The van der Waals surface area contributed by atoms with E-state index in [-0.39, 0.29) is 0 Å². The molecule has 0 aliphatic carbocycles. The van der Waals surface area contributed by atoms with Gasteiger partial charge in [-0.2, -0.15) is 0 Å². The van der Waals surface area contributed by atoms with Gasteiger partial charge in [0.2, 0.25) is 5.90 Å². The minimum atomic E-state index is 0.406. The summed E-state index contributed by atoms with van der Waals surface area (Å²) in [5.74, 6) is 0.551. The predicted octanol–water partition coefficient (Wildman–Crippen LogP) is 1.97. The summed E-state index contributed by atoms with van der Waals surface area (Å²) < 4.78 is 5.30. The fraction of sp³-hybridized carbons (Fsp3) is 0.500. The number of hydrogen-bond acceptors (Lipinski definition) is 2. The van der Waals surface area contributed by atoms with Gasteiger partial charge >= 0.3 is 0 Å². The smallest absolute Gasteiger partial charge is 0.227 e. The molecule has 1 rings (SSSR count). The van der Waals surface area contributed by atoms with Crippen LogP contribution in [0.4, 0.5) is 0 Å². The molecule has 0 amide bonds. The number of alkyl halides is 1. The molecule has 0 radical (unpaired) electrons. The van der Waals surface area contributed by atoms with E-state index in [0.29, 0.717) is 14.9 Å². The lowest BCUT2D eigenvalue weighted by Crippen LogP contribution is -2.13. The third kappa shape index (κ3) is 1.85. The summed E-state index contributed by atoms with van der Waals surface area (Å²) in [6.07, 6.45) is 1.94. The molecule has 1 aliphatic rings. The number of aliphatic imine (C=N–C) groups is 1. The molecule has 10 heavy (non-hydrogen) atoms. The van der Waals surface area contributed by atoms with Gasteiger partial charge in [0.15, 0.2) is 0 Å². The molecule has 0 spiro atoms. The Morgan fingerprint density at radius 2 is 2.60 bits per heavy atom. The number of hydrogen-bond donors (Lipinski definition) is 0. The van der Waals surface area contributed by atoms with Gasteiger partial charge in [-0.25, -0.2) is 4.99 Å². The van der Waals surface area contributed by atoms with E-state index < -0.39 is 0 Å². The van der Waals surface area contributed by atoms with Crippen LogP contribution in [0.3, 0.4) is 0 Å². The van der Waals surface area contributed by atoms with Gasteiger partial charge in [-0.15, -0.1) is 0 Å². The maximum Gasteiger partial charge on any atom is 0.227 e. The summed E-state index contributed by atoms with van der Waals surface area (Å²) >= 11 is 8.05. The largest absolute Gasteiger partial charge is 0.480 e. The summed E-state index contributed by atoms with van der Waals surface area (Å²) in [7, 11) is 1.57. The lowest BCUT2D eigenvalue weighted by molar-refractivity contribution is 0.402. The third-order valence-corrected chi connectivity index (χ3v) is 2.18. The molecule has 1 atom stereocenters. The number of methoxy groups -OCH3 is 1. The van der Waals surface area contributed by atoms with Crippen LogP contribution < -0.4 is 0 Å². The fourth-order valence-corrected chi connectivity index (χ4v) is 1.75. The minimum Gasteiger partial charge on any atom is -0.480 e. The molecule has 0 aromatic rings. The predicted molar refractivity (Wildman–Crippen MR) is 51.1 cm³/mol. The number of rotatable bonds is 0. The summed E-state index contributed by atoms with van der Waals surface area (Å²) in [6, 6.07) is 0. The summed E-state index contributed by atoms with van der Waals surface area (Å²) in [5, 5.41) is 0.619. The molecule has 4 heteroatoms. The number of nitrogens with zero attached hydrogens (tertiary/aromatic N) is 1. The lowest BCUT2D eigenvalue weighted by atomic mass is 10.3. The molecule has 0 fully saturated rings. The summed E-state index contributed by atoms with van der Waals surface area (Å²) in [4.78, 5) is 4.10. The van der Waals surface area contributed by atoms with Crippen LogP contribution in [-0.4, -0.2) is 23.5 Å². The molecule has 0 saturated carbocycles. The standard InChI is InChI=1S/C6H7ClINO/c1-10-6-5(7)2-4(8)3-9-6/h2,4H,3H2,1H3. The van der Waals surface area contributed by atoms with Gasteiger partial charge in [0.05, 0.1) is 22.6 Å². The van der Waals surface area contributed by atoms with Crippen molar-refractivity contribution < 1.29 is 4.74 Å². The maximum atomic E-state index is 5.78. The normalized spacial score (nSPS) is 25.3. The highest BCUT2D eigenvalue weighted by Crippen LogP contribution is 2.17. The van der Waals surface area contributed by atoms with E-state index in [1.807, 2.05) is 6.08 Å². The first-order valence-corrected chi connectivity index (χ1v) is 4.46. The Kier molecular flexibility index (Phi) is 2.97. The molecule has 0 N–H and O–H groups in total. The highest BCUT2D eigenvalue weighted by molar-refractivity contribution is 14.1. The van der Waals surface area contributed by atoms with Crippen LogP contribution in [0.15, 0.2) is 16.1 Å². The first-order chi connectivity index (χ1) is 4.74. The highest BCUT2D eigenvalue weighted by Gasteiger charge is 2.12. The Morgan fingerprint density at radius 3 is 3.10 bits per heavy atom. The van der Waals surface area contributed by atoms with Crippen molar-refractivity contribution in [2.24, 2.45) is 4.99 Å². The van der Waals surface area contributed by atoms with Gasteiger partial charge in [0, 0.05) is 0 Å². The van der Waals surface area contributed by atoms with Crippen molar-refractivity contribution in [2.75, 3.05) is 13.7 Å². The average Bonchev–Trinajstić information content (AvgIpc) is 1.88. The SMILES string of the molecule is COC1=NCC(I)C=C1Cl. The van der Waals surface area contributed by atoms with Crippen molar-refractivity contribution in [1.82, 2.24) is 0 Å². The number of halogens is 2. The van der Waals surface area contributed by atoms with E-state index in [1.54, 1.807) is 7.11 Å². The Morgan fingerprint density at radius 1 is 1.90 bits per heavy atom. The van der Waals surface area contributed by atoms with Crippen molar-refractivity contribution in [1.29, 1.82) is 0 Å². The fourth-order valence-electron chi connectivity index (χ4n) is 0.690. The summed E-state index contributed by atoms with van der Waals surface area (Å²) in [6.45, 7) is 0.764. The van der Waals surface area contributed by atoms with Crippen LogP contribution in [-0.2, 0) is 4.74 Å². The lowest BCUT2D eigenvalue weighted by Gasteiger charge is -2.11. The van der Waals surface area contributed by atoms with E-state index in [1.165, 1.54) is 0 Å². The average molecular weight is 271 g/mol. The van der Waals surface area contributed by atoms with Crippen molar-refractivity contribution in [3.8, 4) is 0 Å². The summed E-state index contributed by atoms with van der Waals surface area (Å²) in [5.41, 5.74) is 0. The zero-order chi connectivity index (χ0) is 7.56. The Balaban J connectivity index is 2.71. The molecule has 2 nitrogen and oxygen atoms in total. The Bertz CT molecular complexity index is 190. The van der Waals surface area contributed by atoms with Gasteiger partial charge in [-0.1, -0.05) is 34.2 Å². The molecule has 0 saturated heterocycles. The minimum absolute atomic E-state index is 0.406. The van der Waals surface area contributed by atoms with Crippen molar-refractivity contribution in [3.63, 3.8) is 0 Å². The molecule has 1 unspecified atom stereocenters. The molecule has 0 aromatic heterocycles. The monoisotopic (exact) mass is 271 g/mol. The molecule has 0 bridgehead atoms. The first kappa shape index (κ1) is 8.33. The zero-order valence-electron chi connectivity index (χ0n) is 5.47. The zero-order valence-corrected chi connectivity index (χ0v) is 8.39. The molecular formula is C6H7ClINO. The maximum absolute atomic E-state index is 5.78. The molecule has 1 aliphatic heterocycles. The number of dihydropyridines is 1. The van der Waals surface area contributed by atoms with E-state index in [2.05, 4.69) is 27.6 Å². The van der Waals surface area contributed by atoms with Crippen LogP contribution in [0, 0.1) is 0 Å². The second kappa shape index (κ2) is 3.57. The van der Waals surface area contributed by atoms with E-state index in [9.17, 15) is 0 Å². The number of ether oxygens (including phenoxy) is 1. The van der Waals surface area contributed by atoms with Gasteiger partial charge in [-0.3, -0.25) is 0 Å². The topological polar surface area (TPSA) is 21.6 Å². The molecular weight excluding hydrogens is 264 g/mol. The molecule has 0 aromatic carbocycles. The Labute approximate surface area is 78.4 Å². The van der Waals surface area contributed by atoms with Crippen LogP contribution in [0.5, 0.6) is 0 Å². The van der Waals surface area contributed by atoms with Crippen LogP contribution in [0.25, 0.3) is 0 Å². The third-order valence-electron chi connectivity index (χ3n) is 1.13. The van der Waals surface area contributed by atoms with E-state index in [4.69, 9.17) is 16.3 Å². The first-order valence-electron chi connectivity index (χ1n) is 2.84. The quantitative estimate of drug-likeness (QED) is 0.488. The van der Waals surface area contributed by atoms with Gasteiger partial charge in [-0.05, 0) is 6.08 Å². The van der Waals surface area contributed by atoms with Gasteiger partial charge < -0.3 is 4.74 Å². The van der Waals surface area contributed by atoms with Crippen LogP contribution >= 0.6 is 34.2 Å². The van der Waals surface area contributed by atoms with E-state index >= 15 is 0 Å². The van der Waals surface area contributed by atoms with Gasteiger partial charge in [0.25, 0.3) is 0 Å². The van der Waals surface area contributed by atoms with Gasteiger partial charge in [0.1, 0.15) is 0 Å². The van der Waals surface area contributed by atoms with Crippen molar-refractivity contribution in [3.05, 3.63) is 11.1 Å². The Hall–Kier alpha value is 0.230. The molecule has 1 heterocycles. The molecule has 56 valence electrons. The highest BCUT2D eigenvalue weighted by atomic mass is 127. The van der Waals surface area contributed by atoms with Crippen LogP contribution in [0.2, 0.25) is 0 Å². The second-order valence-electron chi connectivity index (χ2n) is 1.88. The van der Waals surface area contributed by atoms with Crippen LogP contribution in [0.1, 0.15) is 0 Å². The van der Waals surface area contributed by atoms with Crippen molar-refractivity contribution >= 4 is 40.1 Å². The van der Waals surface area contributed by atoms with Crippen molar-refractivity contribution in [2.45, 2.75) is 3.92 Å².